The SMILES string of the molecule is O=S(=O)(O)C(F)(F)C(F)(F)C(F)(F)C(F)(F)C(F)(F)C(F)(F)C(F)(F)C(F)(F)C(F)(F)C(F)(F)CF. The van der Waals surface area contributed by atoms with Gasteiger partial charge in [-0.2, -0.15) is 96.2 Å². The maximum atomic E-state index is 13.4. The largest absolute Gasteiger partial charge is 0.438 e. The van der Waals surface area contributed by atoms with Crippen molar-refractivity contribution in [3.05, 3.63) is 0 Å². The van der Waals surface area contributed by atoms with Crippen LogP contribution in [0.2, 0.25) is 0 Å². The molecule has 0 heterocycles. The fourth-order valence-electron chi connectivity index (χ4n) is 1.84. The maximum Gasteiger partial charge on any atom is 0.438 e. The van der Waals surface area contributed by atoms with Crippen LogP contribution in [0.15, 0.2) is 0 Å². The number of hydrogen-bond donors (Lipinski definition) is 1. The van der Waals surface area contributed by atoms with E-state index in [2.05, 4.69) is 0 Å². The zero-order valence-corrected chi connectivity index (χ0v) is 16.1. The van der Waals surface area contributed by atoms with Gasteiger partial charge >= 0.3 is 68.7 Å². The Kier molecular flexibility index (Phi) is 7.86. The van der Waals surface area contributed by atoms with Gasteiger partial charge in [0.25, 0.3) is 0 Å². The van der Waals surface area contributed by atoms with E-state index < -0.39 is 75.4 Å². The average molecular weight is 614 g/mol. The van der Waals surface area contributed by atoms with E-state index in [0.717, 1.165) is 0 Å². The lowest BCUT2D eigenvalue weighted by molar-refractivity contribution is -0.466. The summed E-state index contributed by atoms with van der Waals surface area (Å²) in [5, 5.41) is -8.05. The number of alkyl halides is 21. The van der Waals surface area contributed by atoms with Gasteiger partial charge in [-0.25, -0.2) is 4.39 Å². The van der Waals surface area contributed by atoms with Gasteiger partial charge in [0, 0.05) is 0 Å². The van der Waals surface area contributed by atoms with Gasteiger partial charge in [-0.1, -0.05) is 0 Å². The van der Waals surface area contributed by atoms with Crippen molar-refractivity contribution in [1.82, 2.24) is 0 Å². The van der Waals surface area contributed by atoms with Crippen LogP contribution in [0.4, 0.5) is 92.2 Å². The molecule has 36 heavy (non-hydrogen) atoms. The van der Waals surface area contributed by atoms with Gasteiger partial charge in [-0.05, 0) is 0 Å². The van der Waals surface area contributed by atoms with E-state index in [1.807, 2.05) is 0 Å². The molecule has 0 bridgehead atoms. The summed E-state index contributed by atoms with van der Waals surface area (Å²) in [6.45, 7) is -4.17. The Morgan fingerprint density at radius 2 is 0.611 bits per heavy atom. The second-order valence-corrected chi connectivity index (χ2v) is 7.89. The van der Waals surface area contributed by atoms with Crippen LogP contribution < -0.4 is 0 Å². The first-order valence-electron chi connectivity index (χ1n) is 7.37. The van der Waals surface area contributed by atoms with Crippen LogP contribution >= 0.6 is 0 Å². The third kappa shape index (κ3) is 3.84. The molecule has 0 aliphatic carbocycles. The zero-order chi connectivity index (χ0) is 30.2. The van der Waals surface area contributed by atoms with E-state index in [0.29, 0.717) is 0 Å². The second-order valence-electron chi connectivity index (χ2n) is 6.43. The van der Waals surface area contributed by atoms with Crippen LogP contribution in [-0.4, -0.2) is 78.2 Å². The average Bonchev–Trinajstić information content (AvgIpc) is 2.65. The molecule has 3 nitrogen and oxygen atoms in total. The van der Waals surface area contributed by atoms with Gasteiger partial charge < -0.3 is 0 Å². The minimum absolute atomic E-state index is 4.17. The summed E-state index contributed by atoms with van der Waals surface area (Å²) in [7, 11) is -8.09. The van der Waals surface area contributed by atoms with E-state index >= 15 is 0 Å². The highest BCUT2D eigenvalue weighted by atomic mass is 32.2. The molecular formula is C11H3F21O3S. The Morgan fingerprint density at radius 1 is 0.417 bits per heavy atom. The first-order chi connectivity index (χ1) is 15.1. The highest BCUT2D eigenvalue weighted by Crippen LogP contribution is 2.66. The maximum absolute atomic E-state index is 13.4. The minimum atomic E-state index is -9.35. The van der Waals surface area contributed by atoms with Crippen LogP contribution in [-0.2, 0) is 10.1 Å². The van der Waals surface area contributed by atoms with Crippen molar-refractivity contribution in [3.8, 4) is 0 Å². The summed E-state index contributed by atoms with van der Waals surface area (Å²) in [5.74, 6) is -79.2. The summed E-state index contributed by atoms with van der Waals surface area (Å²) < 4.78 is 302. The summed E-state index contributed by atoms with van der Waals surface area (Å²) in [4.78, 5) is 0. The predicted octanol–water partition coefficient (Wildman–Crippen LogP) is 6.15. The van der Waals surface area contributed by atoms with Crippen LogP contribution in [0.5, 0.6) is 0 Å². The quantitative estimate of drug-likeness (QED) is 0.225. The monoisotopic (exact) mass is 614 g/mol. The van der Waals surface area contributed by atoms with Crippen LogP contribution in [0.3, 0.4) is 0 Å². The Balaban J connectivity index is 7.23. The molecule has 0 unspecified atom stereocenters. The van der Waals surface area contributed by atoms with E-state index in [1.54, 1.807) is 0 Å². The van der Waals surface area contributed by atoms with Gasteiger partial charge in [-0.15, -0.1) is 0 Å². The zero-order valence-electron chi connectivity index (χ0n) is 15.3. The molecule has 0 aromatic carbocycles. The van der Waals surface area contributed by atoms with Crippen molar-refractivity contribution in [2.45, 2.75) is 58.6 Å². The van der Waals surface area contributed by atoms with E-state index in [4.69, 9.17) is 4.55 Å². The molecule has 0 aromatic heterocycles. The number of halogens is 21. The van der Waals surface area contributed by atoms with Crippen molar-refractivity contribution >= 4 is 10.1 Å². The van der Waals surface area contributed by atoms with Gasteiger partial charge in [0.2, 0.25) is 0 Å². The Morgan fingerprint density at radius 3 is 0.806 bits per heavy atom. The number of hydrogen-bond acceptors (Lipinski definition) is 2. The molecule has 218 valence electrons. The molecular weight excluding hydrogens is 611 g/mol. The standard InChI is InChI=1S/C11H3F21O3S/c12-1-2(13,14)3(15,16)4(17,18)5(19,20)6(21,22)7(23,24)8(25,26)9(27,28)10(29,30)11(31,32)36(33,34)35/h1H2,(H,33,34,35). The topological polar surface area (TPSA) is 54.4 Å². The summed E-state index contributed by atoms with van der Waals surface area (Å²) in [5.41, 5.74) is 0. The number of rotatable bonds is 11. The van der Waals surface area contributed by atoms with Gasteiger partial charge in [0.05, 0.1) is 0 Å². The lowest BCUT2D eigenvalue weighted by Crippen LogP contribution is -2.77. The smallest absolute Gasteiger partial charge is 0.281 e. The molecule has 0 atom stereocenters. The fourth-order valence-corrected chi connectivity index (χ4v) is 2.29. The second kappa shape index (κ2) is 8.22. The molecule has 25 heteroatoms. The summed E-state index contributed by atoms with van der Waals surface area (Å²) >= 11 is 0. The molecule has 0 amide bonds. The summed E-state index contributed by atoms with van der Waals surface area (Å²) in [6.07, 6.45) is 0. The molecule has 1 N–H and O–H groups in total. The van der Waals surface area contributed by atoms with Gasteiger partial charge in [0.15, 0.2) is 6.67 Å². The van der Waals surface area contributed by atoms with Crippen LogP contribution in [0, 0.1) is 0 Å². The molecule has 0 saturated heterocycles. The molecule has 0 saturated carbocycles. The first-order valence-corrected chi connectivity index (χ1v) is 8.81. The highest BCUT2D eigenvalue weighted by molar-refractivity contribution is 7.87. The van der Waals surface area contributed by atoms with Crippen molar-refractivity contribution in [1.29, 1.82) is 0 Å². The third-order valence-corrected chi connectivity index (χ3v) is 4.98. The van der Waals surface area contributed by atoms with Crippen molar-refractivity contribution in [3.63, 3.8) is 0 Å². The van der Waals surface area contributed by atoms with E-state index in [-0.39, 0.29) is 0 Å². The first kappa shape index (κ1) is 34.4. The van der Waals surface area contributed by atoms with Gasteiger partial charge in [-0.3, -0.25) is 4.55 Å². The fraction of sp³-hybridized carbons (Fsp3) is 1.00. The minimum Gasteiger partial charge on any atom is -0.281 e. The lowest BCUT2D eigenvalue weighted by Gasteiger charge is -2.44. The molecule has 0 spiro atoms. The third-order valence-electron chi connectivity index (χ3n) is 4.08. The van der Waals surface area contributed by atoms with E-state index in [1.165, 1.54) is 0 Å². The van der Waals surface area contributed by atoms with Gasteiger partial charge in [0.1, 0.15) is 0 Å². The highest BCUT2D eigenvalue weighted by Gasteiger charge is 2.98. The predicted molar refractivity (Wildman–Crippen MR) is 67.0 cm³/mol. The van der Waals surface area contributed by atoms with E-state index in [9.17, 15) is 101 Å². The Labute approximate surface area is 181 Å². The molecule has 0 radical (unpaired) electrons. The Bertz CT molecular complexity index is 935. The molecule has 0 fully saturated rings. The lowest BCUT2D eigenvalue weighted by atomic mass is 9.86. The molecule has 0 aliphatic heterocycles. The Hall–Kier alpha value is -1.56. The molecule has 0 aromatic rings. The van der Waals surface area contributed by atoms with Crippen LogP contribution in [0.25, 0.3) is 0 Å². The summed E-state index contributed by atoms with van der Waals surface area (Å²) in [6, 6.07) is 0. The normalized spacial score (nSPS) is 16.9. The van der Waals surface area contributed by atoms with Crippen molar-refractivity contribution in [2.75, 3.05) is 6.67 Å². The van der Waals surface area contributed by atoms with Crippen LogP contribution in [0.1, 0.15) is 0 Å². The molecule has 0 rings (SSSR count). The molecule has 0 aliphatic rings. The van der Waals surface area contributed by atoms with Crippen molar-refractivity contribution < 1.29 is 105 Å². The van der Waals surface area contributed by atoms with Crippen molar-refractivity contribution in [2.24, 2.45) is 0 Å².